The van der Waals surface area contributed by atoms with Crippen LogP contribution in [-0.2, 0) is 9.53 Å². The molecule has 1 fully saturated rings. The molecule has 4 rings (SSSR count). The number of ketones is 1. The van der Waals surface area contributed by atoms with E-state index in [4.69, 9.17) is 4.74 Å². The van der Waals surface area contributed by atoms with Gasteiger partial charge in [0.1, 0.15) is 0 Å². The van der Waals surface area contributed by atoms with E-state index in [0.717, 1.165) is 54.9 Å². The fraction of sp³-hybridized carbons (Fsp3) is 0.353. The first-order chi connectivity index (χ1) is 10.7. The smallest absolute Gasteiger partial charge is 0.184 e. The highest BCUT2D eigenvalue weighted by Gasteiger charge is 2.30. The second-order valence-corrected chi connectivity index (χ2v) is 7.51. The average Bonchev–Trinajstić information content (AvgIpc) is 3.14. The third-order valence-corrected chi connectivity index (χ3v) is 6.13. The zero-order valence-electron chi connectivity index (χ0n) is 12.1. The Balaban J connectivity index is 1.62. The minimum atomic E-state index is 0.185. The predicted octanol–water partition coefficient (Wildman–Crippen LogP) is 3.78. The van der Waals surface area contributed by atoms with Crippen LogP contribution in [0.5, 0.6) is 0 Å². The van der Waals surface area contributed by atoms with Crippen molar-refractivity contribution in [2.75, 3.05) is 26.3 Å². The molecule has 0 radical (unpaired) electrons. The van der Waals surface area contributed by atoms with E-state index in [1.165, 1.54) is 16.0 Å². The third kappa shape index (κ3) is 2.51. The van der Waals surface area contributed by atoms with Gasteiger partial charge in [0, 0.05) is 51.6 Å². The van der Waals surface area contributed by atoms with E-state index in [-0.39, 0.29) is 5.78 Å². The highest BCUT2D eigenvalue weighted by atomic mass is 79.9. The van der Waals surface area contributed by atoms with E-state index in [0.29, 0.717) is 0 Å². The molecule has 3 nitrogen and oxygen atoms in total. The van der Waals surface area contributed by atoms with Crippen molar-refractivity contribution >= 4 is 38.6 Å². The normalized spacial score (nSPS) is 21.9. The zero-order chi connectivity index (χ0) is 15.1. The molecule has 1 aliphatic heterocycles. The number of hydrogen-bond donors (Lipinski definition) is 0. The molecule has 3 aliphatic rings. The van der Waals surface area contributed by atoms with Gasteiger partial charge in [-0.15, -0.1) is 11.3 Å². The van der Waals surface area contributed by atoms with E-state index in [1.54, 1.807) is 11.3 Å². The highest BCUT2D eigenvalue weighted by molar-refractivity contribution is 9.10. The number of ether oxygens (including phenoxy) is 1. The second-order valence-electron chi connectivity index (χ2n) is 5.68. The molecular formula is C17H16BrNO2S. The second kappa shape index (κ2) is 5.80. The van der Waals surface area contributed by atoms with E-state index in [2.05, 4.69) is 38.4 Å². The highest BCUT2D eigenvalue weighted by Crippen LogP contribution is 2.43. The molecule has 0 N–H and O–H groups in total. The zero-order valence-corrected chi connectivity index (χ0v) is 14.5. The number of allylic oxidation sites excluding steroid dienone is 5. The lowest BCUT2D eigenvalue weighted by Crippen LogP contribution is -2.36. The molecule has 0 amide bonds. The molecule has 2 heterocycles. The topological polar surface area (TPSA) is 29.5 Å². The molecule has 1 aromatic rings. The van der Waals surface area contributed by atoms with E-state index in [9.17, 15) is 4.79 Å². The van der Waals surface area contributed by atoms with E-state index in [1.807, 2.05) is 6.08 Å². The summed E-state index contributed by atoms with van der Waals surface area (Å²) in [5.41, 5.74) is 4.60. The van der Waals surface area contributed by atoms with Gasteiger partial charge in [-0.25, -0.2) is 0 Å². The maximum absolute atomic E-state index is 12.5. The molecular weight excluding hydrogens is 362 g/mol. The summed E-state index contributed by atoms with van der Waals surface area (Å²) in [5.74, 6) is 0.185. The van der Waals surface area contributed by atoms with Crippen molar-refractivity contribution in [1.29, 1.82) is 0 Å². The van der Waals surface area contributed by atoms with Gasteiger partial charge in [0.25, 0.3) is 0 Å². The van der Waals surface area contributed by atoms with Crippen LogP contribution in [0, 0.1) is 0 Å². The van der Waals surface area contributed by atoms with E-state index >= 15 is 0 Å². The molecule has 0 bridgehead atoms. The molecule has 0 aromatic carbocycles. The summed E-state index contributed by atoms with van der Waals surface area (Å²) in [4.78, 5) is 16.0. The summed E-state index contributed by atoms with van der Waals surface area (Å²) in [6.45, 7) is 3.26. The molecule has 5 heteroatoms. The SMILES string of the molecule is O=C1C=C(N2CCOCC2)CC2=C1CC=C2c1cc(Br)cs1. The van der Waals surface area contributed by atoms with Crippen molar-refractivity contribution in [3.05, 3.63) is 49.8 Å². The number of halogens is 1. The van der Waals surface area contributed by atoms with Crippen molar-refractivity contribution in [1.82, 2.24) is 4.90 Å². The third-order valence-electron chi connectivity index (χ3n) is 4.40. The Bertz CT molecular complexity index is 723. The summed E-state index contributed by atoms with van der Waals surface area (Å²) >= 11 is 5.25. The van der Waals surface area contributed by atoms with Crippen molar-refractivity contribution in [2.24, 2.45) is 0 Å². The van der Waals surface area contributed by atoms with Crippen LogP contribution < -0.4 is 0 Å². The Morgan fingerprint density at radius 3 is 2.77 bits per heavy atom. The molecule has 22 heavy (non-hydrogen) atoms. The van der Waals surface area contributed by atoms with Crippen LogP contribution in [0.4, 0.5) is 0 Å². The molecule has 0 atom stereocenters. The van der Waals surface area contributed by atoms with Gasteiger partial charge in [-0.05, 0) is 39.6 Å². The van der Waals surface area contributed by atoms with Gasteiger partial charge in [-0.1, -0.05) is 6.08 Å². The van der Waals surface area contributed by atoms with Gasteiger partial charge in [0.15, 0.2) is 5.78 Å². The number of hydrogen-bond acceptors (Lipinski definition) is 4. The fourth-order valence-electron chi connectivity index (χ4n) is 3.29. The predicted molar refractivity (Wildman–Crippen MR) is 91.7 cm³/mol. The van der Waals surface area contributed by atoms with Crippen molar-refractivity contribution in [3.63, 3.8) is 0 Å². The van der Waals surface area contributed by atoms with Crippen molar-refractivity contribution in [2.45, 2.75) is 12.8 Å². The number of rotatable bonds is 2. The first-order valence-corrected chi connectivity index (χ1v) is 9.14. The first kappa shape index (κ1) is 14.4. The average molecular weight is 378 g/mol. The van der Waals surface area contributed by atoms with Crippen LogP contribution in [0.15, 0.2) is 44.9 Å². The Hall–Kier alpha value is -1.17. The molecule has 1 aromatic heterocycles. The Morgan fingerprint density at radius 2 is 2.05 bits per heavy atom. The fourth-order valence-corrected chi connectivity index (χ4v) is 4.79. The molecule has 2 aliphatic carbocycles. The van der Waals surface area contributed by atoms with Crippen LogP contribution in [0.1, 0.15) is 17.7 Å². The largest absolute Gasteiger partial charge is 0.378 e. The van der Waals surface area contributed by atoms with E-state index < -0.39 is 0 Å². The maximum atomic E-state index is 12.5. The van der Waals surface area contributed by atoms with Gasteiger partial charge in [-0.3, -0.25) is 4.79 Å². The molecule has 0 unspecified atom stereocenters. The van der Waals surface area contributed by atoms with Gasteiger partial charge in [-0.2, -0.15) is 0 Å². The summed E-state index contributed by atoms with van der Waals surface area (Å²) in [5, 5.41) is 2.10. The summed E-state index contributed by atoms with van der Waals surface area (Å²) in [6, 6.07) is 2.14. The number of carbonyl (C=O) groups is 1. The van der Waals surface area contributed by atoms with Gasteiger partial charge >= 0.3 is 0 Å². The Labute approximate surface area is 142 Å². The van der Waals surface area contributed by atoms with Gasteiger partial charge in [0.05, 0.1) is 13.2 Å². The first-order valence-electron chi connectivity index (χ1n) is 7.47. The van der Waals surface area contributed by atoms with Gasteiger partial charge in [0.2, 0.25) is 0 Å². The quantitative estimate of drug-likeness (QED) is 0.785. The number of nitrogens with zero attached hydrogens (tertiary/aromatic N) is 1. The van der Waals surface area contributed by atoms with Crippen molar-refractivity contribution < 1.29 is 9.53 Å². The molecule has 0 spiro atoms. The van der Waals surface area contributed by atoms with Crippen LogP contribution in [0.2, 0.25) is 0 Å². The number of thiophene rings is 1. The van der Waals surface area contributed by atoms with Crippen LogP contribution in [0.25, 0.3) is 5.57 Å². The minimum absolute atomic E-state index is 0.185. The molecule has 114 valence electrons. The summed E-state index contributed by atoms with van der Waals surface area (Å²) < 4.78 is 6.52. The maximum Gasteiger partial charge on any atom is 0.184 e. The van der Waals surface area contributed by atoms with Crippen molar-refractivity contribution in [3.8, 4) is 0 Å². The lowest BCUT2D eigenvalue weighted by molar-refractivity contribution is -0.111. The standard InChI is InChI=1S/C17H16BrNO2S/c18-11-7-17(22-10-11)14-2-1-13-15(14)8-12(9-16(13)20)19-3-5-21-6-4-19/h2,7,9-10H,1,3-6,8H2. The lowest BCUT2D eigenvalue weighted by atomic mass is 9.91. The number of carbonyl (C=O) groups excluding carboxylic acids is 1. The summed E-state index contributed by atoms with van der Waals surface area (Å²) in [7, 11) is 0. The van der Waals surface area contributed by atoms with Crippen LogP contribution in [-0.4, -0.2) is 37.0 Å². The lowest BCUT2D eigenvalue weighted by Gasteiger charge is -2.33. The summed E-state index contributed by atoms with van der Waals surface area (Å²) in [6.07, 6.45) is 5.68. The van der Waals surface area contributed by atoms with Gasteiger partial charge < -0.3 is 9.64 Å². The molecule has 1 saturated heterocycles. The van der Waals surface area contributed by atoms with Crippen LogP contribution >= 0.6 is 27.3 Å². The number of morpholine rings is 1. The monoisotopic (exact) mass is 377 g/mol. The minimum Gasteiger partial charge on any atom is -0.378 e. The molecule has 0 saturated carbocycles. The Morgan fingerprint density at radius 1 is 1.23 bits per heavy atom. The Kier molecular flexibility index (Phi) is 3.80. The van der Waals surface area contributed by atoms with Crippen LogP contribution in [0.3, 0.4) is 0 Å².